The Hall–Kier alpha value is -2.16. The molecule has 0 aliphatic heterocycles. The molecule has 1 amide bonds. The van der Waals surface area contributed by atoms with Crippen LogP contribution in [0.25, 0.3) is 10.9 Å². The number of carbonyl (C=O) groups is 1. The largest absolute Gasteiger partial charge is 0.379 e. The Morgan fingerprint density at radius 1 is 1.30 bits per heavy atom. The summed E-state index contributed by atoms with van der Waals surface area (Å²) in [5, 5.41) is 5.20. The summed E-state index contributed by atoms with van der Waals surface area (Å²) in [5.74, 6) is 0.233. The molecule has 1 aromatic carbocycles. The molecule has 8 heteroatoms. The van der Waals surface area contributed by atoms with Gasteiger partial charge in [0.05, 0.1) is 22.8 Å². The molecule has 0 radical (unpaired) electrons. The minimum Gasteiger partial charge on any atom is -0.379 e. The van der Waals surface area contributed by atoms with Crippen molar-refractivity contribution in [1.29, 1.82) is 0 Å². The molecular weight excluding hydrogens is 418 g/mol. The summed E-state index contributed by atoms with van der Waals surface area (Å²) in [6.45, 7) is 5.63. The number of hydrogen-bond acceptors (Lipinski definition) is 6. The second kappa shape index (κ2) is 10.7. The molecule has 0 aliphatic rings. The first kappa shape index (κ1) is 22.5. The molecule has 30 heavy (non-hydrogen) atoms. The van der Waals surface area contributed by atoms with Crippen molar-refractivity contribution in [1.82, 2.24) is 14.5 Å². The smallest absolute Gasteiger partial charge is 0.262 e. The van der Waals surface area contributed by atoms with Gasteiger partial charge in [-0.25, -0.2) is 4.98 Å². The Labute approximate surface area is 184 Å². The monoisotopic (exact) mass is 445 g/mol. The van der Waals surface area contributed by atoms with E-state index in [2.05, 4.69) is 4.98 Å². The molecule has 3 rings (SSSR count). The standard InChI is InChI=1S/C22H27N3O3S2/c1-16(2)28-11-6-10-25-21(27)18-7-4-5-8-19(18)23-22(25)30-15-20(26)24(3)13-17-9-12-29-14-17/h4-5,7-9,12,14,16H,6,10-11,13,15H2,1-3H3. The Kier molecular flexibility index (Phi) is 8.07. The fourth-order valence-corrected chi connectivity index (χ4v) is 4.60. The molecule has 0 fully saturated rings. The average Bonchev–Trinajstić information content (AvgIpc) is 3.23. The molecular formula is C22H27N3O3S2. The van der Waals surface area contributed by atoms with E-state index in [9.17, 15) is 9.59 Å². The van der Waals surface area contributed by atoms with Gasteiger partial charge in [0.1, 0.15) is 0 Å². The third-order valence-corrected chi connectivity index (χ3v) is 6.25. The summed E-state index contributed by atoms with van der Waals surface area (Å²) >= 11 is 2.93. The molecule has 2 heterocycles. The zero-order valence-electron chi connectivity index (χ0n) is 17.5. The van der Waals surface area contributed by atoms with Crippen molar-refractivity contribution in [2.24, 2.45) is 0 Å². The van der Waals surface area contributed by atoms with E-state index >= 15 is 0 Å². The lowest BCUT2D eigenvalue weighted by atomic mass is 10.2. The Bertz CT molecular complexity index is 1030. The Balaban J connectivity index is 1.74. The number of fused-ring (bicyclic) bond motifs is 1. The molecule has 2 aromatic heterocycles. The lowest BCUT2D eigenvalue weighted by molar-refractivity contribution is -0.127. The van der Waals surface area contributed by atoms with Gasteiger partial charge < -0.3 is 9.64 Å². The number of hydrogen-bond donors (Lipinski definition) is 0. The van der Waals surface area contributed by atoms with Gasteiger partial charge in [0.15, 0.2) is 5.16 Å². The van der Waals surface area contributed by atoms with E-state index in [0.29, 0.717) is 42.2 Å². The summed E-state index contributed by atoms with van der Waals surface area (Å²) in [4.78, 5) is 32.0. The minimum atomic E-state index is -0.0771. The van der Waals surface area contributed by atoms with E-state index in [1.165, 1.54) is 11.8 Å². The van der Waals surface area contributed by atoms with E-state index in [1.807, 2.05) is 48.9 Å². The van der Waals surface area contributed by atoms with Crippen molar-refractivity contribution in [2.45, 2.75) is 44.6 Å². The summed E-state index contributed by atoms with van der Waals surface area (Å²) < 4.78 is 7.28. The van der Waals surface area contributed by atoms with Crippen molar-refractivity contribution in [3.63, 3.8) is 0 Å². The van der Waals surface area contributed by atoms with E-state index in [0.717, 1.165) is 5.56 Å². The van der Waals surface area contributed by atoms with Crippen LogP contribution in [0.4, 0.5) is 0 Å². The summed E-state index contributed by atoms with van der Waals surface area (Å²) in [5.41, 5.74) is 1.69. The summed E-state index contributed by atoms with van der Waals surface area (Å²) in [7, 11) is 1.80. The molecule has 0 atom stereocenters. The van der Waals surface area contributed by atoms with Gasteiger partial charge in [-0.2, -0.15) is 11.3 Å². The Morgan fingerprint density at radius 2 is 2.10 bits per heavy atom. The number of aromatic nitrogens is 2. The third kappa shape index (κ3) is 5.93. The van der Waals surface area contributed by atoms with Crippen molar-refractivity contribution in [2.75, 3.05) is 19.4 Å². The van der Waals surface area contributed by atoms with Crippen LogP contribution in [0.2, 0.25) is 0 Å². The highest BCUT2D eigenvalue weighted by Gasteiger charge is 2.15. The number of nitrogens with zero attached hydrogens (tertiary/aromatic N) is 3. The van der Waals surface area contributed by atoms with E-state index in [4.69, 9.17) is 4.74 Å². The van der Waals surface area contributed by atoms with Crippen LogP contribution in [0.3, 0.4) is 0 Å². The SMILES string of the molecule is CC(C)OCCCn1c(SCC(=O)N(C)Cc2ccsc2)nc2ccccc2c1=O. The van der Waals surface area contributed by atoms with Crippen LogP contribution in [0.1, 0.15) is 25.8 Å². The normalized spacial score (nSPS) is 11.3. The highest BCUT2D eigenvalue weighted by molar-refractivity contribution is 7.99. The highest BCUT2D eigenvalue weighted by atomic mass is 32.2. The molecule has 160 valence electrons. The topological polar surface area (TPSA) is 64.4 Å². The summed E-state index contributed by atoms with van der Waals surface area (Å²) in [6, 6.07) is 9.35. The lowest BCUT2D eigenvalue weighted by Crippen LogP contribution is -2.29. The van der Waals surface area contributed by atoms with E-state index in [1.54, 1.807) is 33.9 Å². The lowest BCUT2D eigenvalue weighted by Gasteiger charge is -2.17. The van der Waals surface area contributed by atoms with Crippen LogP contribution >= 0.6 is 23.1 Å². The molecule has 6 nitrogen and oxygen atoms in total. The van der Waals surface area contributed by atoms with Gasteiger partial charge >= 0.3 is 0 Å². The molecule has 0 spiro atoms. The first-order valence-electron chi connectivity index (χ1n) is 9.94. The predicted octanol–water partition coefficient (Wildman–Crippen LogP) is 4.02. The maximum absolute atomic E-state index is 13.0. The van der Waals surface area contributed by atoms with Gasteiger partial charge in [0.25, 0.3) is 5.56 Å². The predicted molar refractivity (Wildman–Crippen MR) is 123 cm³/mol. The van der Waals surface area contributed by atoms with Gasteiger partial charge in [0, 0.05) is 26.7 Å². The van der Waals surface area contributed by atoms with Crippen molar-refractivity contribution < 1.29 is 9.53 Å². The molecule has 0 N–H and O–H groups in total. The fourth-order valence-electron chi connectivity index (χ4n) is 2.98. The first-order chi connectivity index (χ1) is 14.5. The van der Waals surface area contributed by atoms with Crippen LogP contribution in [-0.4, -0.2) is 45.9 Å². The number of carbonyl (C=O) groups excluding carboxylic acids is 1. The molecule has 0 saturated heterocycles. The van der Waals surface area contributed by atoms with Crippen LogP contribution in [-0.2, 0) is 22.6 Å². The van der Waals surface area contributed by atoms with Crippen molar-refractivity contribution in [3.8, 4) is 0 Å². The van der Waals surface area contributed by atoms with Gasteiger partial charge in [-0.05, 0) is 54.8 Å². The van der Waals surface area contributed by atoms with E-state index < -0.39 is 0 Å². The Morgan fingerprint density at radius 3 is 2.83 bits per heavy atom. The number of thiophene rings is 1. The molecule has 0 unspecified atom stereocenters. The van der Waals surface area contributed by atoms with Crippen LogP contribution in [0, 0.1) is 0 Å². The molecule has 3 aromatic rings. The average molecular weight is 446 g/mol. The zero-order valence-corrected chi connectivity index (χ0v) is 19.2. The van der Waals surface area contributed by atoms with Crippen molar-refractivity contribution >= 4 is 39.9 Å². The third-order valence-electron chi connectivity index (χ3n) is 4.55. The van der Waals surface area contributed by atoms with E-state index in [-0.39, 0.29) is 23.3 Å². The number of para-hydroxylation sites is 1. The minimum absolute atomic E-state index is 0.00305. The maximum Gasteiger partial charge on any atom is 0.262 e. The maximum atomic E-state index is 13.0. The second-order valence-electron chi connectivity index (χ2n) is 7.31. The quantitative estimate of drug-likeness (QED) is 0.268. The van der Waals surface area contributed by atoms with Gasteiger partial charge in [-0.1, -0.05) is 23.9 Å². The number of thioether (sulfide) groups is 1. The van der Waals surface area contributed by atoms with Gasteiger partial charge in [0.2, 0.25) is 5.91 Å². The van der Waals surface area contributed by atoms with Crippen LogP contribution in [0.15, 0.2) is 51.0 Å². The number of ether oxygens (including phenoxy) is 1. The van der Waals surface area contributed by atoms with Crippen LogP contribution < -0.4 is 5.56 Å². The number of amides is 1. The van der Waals surface area contributed by atoms with Gasteiger partial charge in [-0.15, -0.1) is 0 Å². The fraction of sp³-hybridized carbons (Fsp3) is 0.409. The van der Waals surface area contributed by atoms with Gasteiger partial charge in [-0.3, -0.25) is 14.2 Å². The molecule has 0 saturated carbocycles. The van der Waals surface area contributed by atoms with Crippen LogP contribution in [0.5, 0.6) is 0 Å². The van der Waals surface area contributed by atoms with Crippen molar-refractivity contribution in [3.05, 3.63) is 57.0 Å². The summed E-state index contributed by atoms with van der Waals surface area (Å²) in [6.07, 6.45) is 0.860. The molecule has 0 aliphatic carbocycles. The second-order valence-corrected chi connectivity index (χ2v) is 9.03. The zero-order chi connectivity index (χ0) is 21.5. The molecule has 0 bridgehead atoms. The highest BCUT2D eigenvalue weighted by Crippen LogP contribution is 2.19. The number of rotatable bonds is 10. The number of benzene rings is 1. The first-order valence-corrected chi connectivity index (χ1v) is 11.9.